The number of benzene rings is 1. The van der Waals surface area contributed by atoms with Crippen molar-refractivity contribution in [3.8, 4) is 5.75 Å². The fourth-order valence-electron chi connectivity index (χ4n) is 1.24. The van der Waals surface area contributed by atoms with Gasteiger partial charge in [0.15, 0.2) is 0 Å². The van der Waals surface area contributed by atoms with Gasteiger partial charge in [0.2, 0.25) is 0 Å². The molecule has 1 aromatic rings. The summed E-state index contributed by atoms with van der Waals surface area (Å²) in [5, 5.41) is 0. The molecule has 1 rings (SSSR count). The van der Waals surface area contributed by atoms with Gasteiger partial charge in [0.1, 0.15) is 11.4 Å². The van der Waals surface area contributed by atoms with Gasteiger partial charge in [-0.1, -0.05) is 18.2 Å². The van der Waals surface area contributed by atoms with Crippen LogP contribution in [0.5, 0.6) is 5.75 Å². The third kappa shape index (κ3) is 3.59. The van der Waals surface area contributed by atoms with Gasteiger partial charge >= 0.3 is 0 Å². The third-order valence-corrected chi connectivity index (χ3v) is 1.94. The molecule has 0 saturated carbocycles. The molecule has 0 fully saturated rings. The van der Waals surface area contributed by atoms with Crippen molar-refractivity contribution in [2.45, 2.75) is 32.8 Å². The van der Waals surface area contributed by atoms with Gasteiger partial charge in [0, 0.05) is 5.88 Å². The molecule has 0 atom stereocenters. The fraction of sp³-hybridized carbons (Fsp3) is 0.500. The maximum atomic E-state index is 5.83. The Kier molecular flexibility index (Phi) is 3.82. The molecule has 0 bridgehead atoms. The van der Waals surface area contributed by atoms with Crippen LogP contribution in [0.2, 0.25) is 0 Å². The van der Waals surface area contributed by atoms with E-state index in [1.807, 2.05) is 39.0 Å². The standard InChI is InChI=1S/C12H17ClO/c1-12(2,3)14-11-7-5-4-6-10(11)8-9-13/h4-7H,8-9H2,1-3H3. The second-order valence-corrected chi connectivity index (χ2v) is 4.64. The topological polar surface area (TPSA) is 9.23 Å². The fourth-order valence-corrected chi connectivity index (χ4v) is 1.45. The van der Waals surface area contributed by atoms with Crippen LogP contribution in [-0.2, 0) is 6.42 Å². The Balaban J connectivity index is 2.84. The number of aryl methyl sites for hydroxylation is 1. The number of hydrogen-bond donors (Lipinski definition) is 0. The lowest BCUT2D eigenvalue weighted by Gasteiger charge is -2.23. The molecule has 0 N–H and O–H groups in total. The average Bonchev–Trinajstić information content (AvgIpc) is 2.06. The summed E-state index contributed by atoms with van der Waals surface area (Å²) >= 11 is 5.72. The molecule has 0 aliphatic heterocycles. The number of alkyl halides is 1. The molecular weight excluding hydrogens is 196 g/mol. The molecule has 0 heterocycles. The number of rotatable bonds is 3. The van der Waals surface area contributed by atoms with E-state index in [1.165, 1.54) is 5.56 Å². The van der Waals surface area contributed by atoms with Crippen molar-refractivity contribution in [2.75, 3.05) is 5.88 Å². The molecule has 1 nitrogen and oxygen atoms in total. The predicted octanol–water partition coefficient (Wildman–Crippen LogP) is 3.65. The zero-order valence-corrected chi connectivity index (χ0v) is 9.77. The first kappa shape index (κ1) is 11.4. The Morgan fingerprint density at radius 2 is 1.86 bits per heavy atom. The van der Waals surface area contributed by atoms with E-state index in [2.05, 4.69) is 6.07 Å². The highest BCUT2D eigenvalue weighted by molar-refractivity contribution is 6.18. The van der Waals surface area contributed by atoms with Crippen LogP contribution in [0.1, 0.15) is 26.3 Å². The van der Waals surface area contributed by atoms with Crippen molar-refractivity contribution in [1.82, 2.24) is 0 Å². The van der Waals surface area contributed by atoms with Gasteiger partial charge in [-0.2, -0.15) is 0 Å². The van der Waals surface area contributed by atoms with Crippen molar-refractivity contribution in [3.63, 3.8) is 0 Å². The van der Waals surface area contributed by atoms with Crippen LogP contribution in [0.4, 0.5) is 0 Å². The van der Waals surface area contributed by atoms with E-state index < -0.39 is 0 Å². The lowest BCUT2D eigenvalue weighted by molar-refractivity contribution is 0.129. The molecule has 0 saturated heterocycles. The normalized spacial score (nSPS) is 11.4. The van der Waals surface area contributed by atoms with Crippen LogP contribution in [0.3, 0.4) is 0 Å². The van der Waals surface area contributed by atoms with E-state index in [0.717, 1.165) is 12.2 Å². The first-order valence-electron chi connectivity index (χ1n) is 4.86. The predicted molar refractivity (Wildman–Crippen MR) is 61.2 cm³/mol. The number of para-hydroxylation sites is 1. The van der Waals surface area contributed by atoms with Crippen LogP contribution in [0.15, 0.2) is 24.3 Å². The van der Waals surface area contributed by atoms with Gasteiger partial charge in [-0.15, -0.1) is 11.6 Å². The molecule has 14 heavy (non-hydrogen) atoms. The minimum absolute atomic E-state index is 0.150. The summed E-state index contributed by atoms with van der Waals surface area (Å²) in [7, 11) is 0. The van der Waals surface area contributed by atoms with Gasteiger partial charge in [-0.3, -0.25) is 0 Å². The highest BCUT2D eigenvalue weighted by Crippen LogP contribution is 2.23. The summed E-state index contributed by atoms with van der Waals surface area (Å²) < 4.78 is 5.83. The van der Waals surface area contributed by atoms with Gasteiger partial charge < -0.3 is 4.74 Å². The van der Waals surface area contributed by atoms with E-state index >= 15 is 0 Å². The van der Waals surface area contributed by atoms with E-state index in [4.69, 9.17) is 16.3 Å². The molecule has 0 spiro atoms. The maximum Gasteiger partial charge on any atom is 0.123 e. The second kappa shape index (κ2) is 4.70. The zero-order chi connectivity index (χ0) is 10.6. The average molecular weight is 213 g/mol. The van der Waals surface area contributed by atoms with Gasteiger partial charge in [-0.05, 0) is 38.8 Å². The Hall–Kier alpha value is -0.690. The first-order chi connectivity index (χ1) is 6.53. The number of ether oxygens (including phenoxy) is 1. The summed E-state index contributed by atoms with van der Waals surface area (Å²) in [6, 6.07) is 8.05. The minimum Gasteiger partial charge on any atom is -0.488 e. The Morgan fingerprint density at radius 3 is 2.43 bits per heavy atom. The number of hydrogen-bond acceptors (Lipinski definition) is 1. The van der Waals surface area contributed by atoms with Gasteiger partial charge in [0.05, 0.1) is 0 Å². The third-order valence-electron chi connectivity index (χ3n) is 1.75. The molecule has 0 unspecified atom stereocenters. The molecule has 0 radical (unpaired) electrons. The molecular formula is C12H17ClO. The molecule has 78 valence electrons. The monoisotopic (exact) mass is 212 g/mol. The van der Waals surface area contributed by atoms with Crippen LogP contribution in [0, 0.1) is 0 Å². The van der Waals surface area contributed by atoms with Gasteiger partial charge in [-0.25, -0.2) is 0 Å². The lowest BCUT2D eigenvalue weighted by Crippen LogP contribution is -2.23. The SMILES string of the molecule is CC(C)(C)Oc1ccccc1CCCl. The highest BCUT2D eigenvalue weighted by atomic mass is 35.5. The quantitative estimate of drug-likeness (QED) is 0.696. The minimum atomic E-state index is -0.150. The van der Waals surface area contributed by atoms with E-state index in [9.17, 15) is 0 Å². The van der Waals surface area contributed by atoms with Crippen molar-refractivity contribution in [3.05, 3.63) is 29.8 Å². The van der Waals surface area contributed by atoms with Crippen LogP contribution in [0.25, 0.3) is 0 Å². The molecule has 0 aliphatic carbocycles. The van der Waals surface area contributed by atoms with Crippen molar-refractivity contribution < 1.29 is 4.74 Å². The van der Waals surface area contributed by atoms with Crippen molar-refractivity contribution in [2.24, 2.45) is 0 Å². The van der Waals surface area contributed by atoms with Gasteiger partial charge in [0.25, 0.3) is 0 Å². The highest BCUT2D eigenvalue weighted by Gasteiger charge is 2.13. The van der Waals surface area contributed by atoms with E-state index in [0.29, 0.717) is 5.88 Å². The molecule has 0 amide bonds. The first-order valence-corrected chi connectivity index (χ1v) is 5.39. The Labute approximate surface area is 91.0 Å². The van der Waals surface area contributed by atoms with E-state index in [-0.39, 0.29) is 5.60 Å². The Morgan fingerprint density at radius 1 is 1.21 bits per heavy atom. The summed E-state index contributed by atoms with van der Waals surface area (Å²) in [4.78, 5) is 0. The molecule has 2 heteroatoms. The zero-order valence-electron chi connectivity index (χ0n) is 9.01. The molecule has 1 aromatic carbocycles. The summed E-state index contributed by atoms with van der Waals surface area (Å²) in [6.45, 7) is 6.14. The summed E-state index contributed by atoms with van der Waals surface area (Å²) in [5.74, 6) is 1.57. The number of halogens is 1. The lowest BCUT2D eigenvalue weighted by atomic mass is 10.1. The van der Waals surface area contributed by atoms with Crippen molar-refractivity contribution >= 4 is 11.6 Å². The van der Waals surface area contributed by atoms with Crippen LogP contribution < -0.4 is 4.74 Å². The summed E-state index contributed by atoms with van der Waals surface area (Å²) in [6.07, 6.45) is 0.855. The Bertz CT molecular complexity index is 289. The molecule has 0 aliphatic rings. The van der Waals surface area contributed by atoms with E-state index in [1.54, 1.807) is 0 Å². The summed E-state index contributed by atoms with van der Waals surface area (Å²) in [5.41, 5.74) is 1.03. The smallest absolute Gasteiger partial charge is 0.123 e. The maximum absolute atomic E-state index is 5.83. The second-order valence-electron chi connectivity index (χ2n) is 4.26. The van der Waals surface area contributed by atoms with Crippen molar-refractivity contribution in [1.29, 1.82) is 0 Å². The van der Waals surface area contributed by atoms with Crippen LogP contribution >= 0.6 is 11.6 Å². The largest absolute Gasteiger partial charge is 0.488 e. The molecule has 0 aromatic heterocycles. The van der Waals surface area contributed by atoms with Crippen LogP contribution in [-0.4, -0.2) is 11.5 Å².